The minimum Gasteiger partial charge on any atom is -0.147 e. The standard InChI is InChI=1S/2C9H11.C2H4.2ClH.Ti/c2*1-2-5-9-7-3-6-8(9)4-1;1-2;;;/h2*3,6-7H,1-2,4-5H2;1-2H2;2*1H;. The zero-order chi connectivity index (χ0) is 13.9. The van der Waals surface area contributed by atoms with Crippen molar-refractivity contribution in [1.82, 2.24) is 0 Å². The molecule has 0 aromatic rings. The van der Waals surface area contributed by atoms with Crippen molar-refractivity contribution in [2.75, 3.05) is 0 Å². The third kappa shape index (κ3) is 2.79. The van der Waals surface area contributed by atoms with Gasteiger partial charge in [0.05, 0.1) is 0 Å². The molecule has 1 heterocycles. The van der Waals surface area contributed by atoms with Gasteiger partial charge in [-0.1, -0.05) is 0 Å². The van der Waals surface area contributed by atoms with E-state index < -0.39 is 16.6 Å². The van der Waals surface area contributed by atoms with Crippen LogP contribution in [0.5, 0.6) is 0 Å². The Morgan fingerprint density at radius 1 is 0.652 bits per heavy atom. The third-order valence-electron chi connectivity index (χ3n) is 6.91. The first-order valence-corrected chi connectivity index (χ1v) is 13.2. The van der Waals surface area contributed by atoms with Crippen molar-refractivity contribution in [2.24, 2.45) is 0 Å². The minimum absolute atomic E-state index is 0. The Balaban J connectivity index is 0.000000781. The maximum Gasteiger partial charge on any atom is -0.147 e. The quantitative estimate of drug-likeness (QED) is 0.437. The largest absolute Gasteiger partial charge is 0.147 e. The molecule has 0 aromatic carbocycles. The molecule has 0 saturated carbocycles. The maximum atomic E-state index is 2.68. The Kier molecular flexibility index (Phi) is 5.39. The summed E-state index contributed by atoms with van der Waals surface area (Å²) in [6.45, 7) is 0. The van der Waals surface area contributed by atoms with Gasteiger partial charge in [0.1, 0.15) is 0 Å². The topological polar surface area (TPSA) is 0 Å². The van der Waals surface area contributed by atoms with Gasteiger partial charge in [-0.05, 0) is 0 Å². The molecule has 1 fully saturated rings. The normalized spacial score (nSPS) is 33.0. The van der Waals surface area contributed by atoms with Gasteiger partial charge < -0.3 is 0 Å². The van der Waals surface area contributed by atoms with E-state index >= 15 is 0 Å². The van der Waals surface area contributed by atoms with E-state index in [0.717, 1.165) is 8.45 Å². The number of hydrogen-bond acceptors (Lipinski definition) is 0. The number of halogens is 2. The van der Waals surface area contributed by atoms with E-state index in [2.05, 4.69) is 24.3 Å². The Bertz CT molecular complexity index is 557. The van der Waals surface area contributed by atoms with Gasteiger partial charge in [0.15, 0.2) is 0 Å². The van der Waals surface area contributed by atoms with Gasteiger partial charge in [0.25, 0.3) is 0 Å². The van der Waals surface area contributed by atoms with E-state index in [-0.39, 0.29) is 24.8 Å². The third-order valence-corrected chi connectivity index (χ3v) is 15.0. The number of hydrogen-bond donors (Lipinski definition) is 0. The summed E-state index contributed by atoms with van der Waals surface area (Å²) in [5.41, 5.74) is 7.39. The van der Waals surface area contributed by atoms with E-state index in [4.69, 9.17) is 0 Å². The van der Waals surface area contributed by atoms with Crippen molar-refractivity contribution in [3.05, 3.63) is 46.6 Å². The summed E-state index contributed by atoms with van der Waals surface area (Å²) in [5, 5.41) is 0. The van der Waals surface area contributed by atoms with Crippen molar-refractivity contribution >= 4 is 24.8 Å². The Hall–Kier alpha value is 0.254. The molecule has 0 nitrogen and oxygen atoms in total. The summed E-state index contributed by atoms with van der Waals surface area (Å²) >= 11 is -1.68. The molecule has 2 unspecified atom stereocenters. The van der Waals surface area contributed by atoms with Crippen LogP contribution in [0.2, 0.25) is 17.9 Å². The molecule has 0 amide bonds. The van der Waals surface area contributed by atoms with E-state index in [1.54, 1.807) is 20.6 Å². The molecule has 23 heavy (non-hydrogen) atoms. The summed E-state index contributed by atoms with van der Waals surface area (Å²) < 4.78 is 5.25. The van der Waals surface area contributed by atoms with Crippen molar-refractivity contribution in [3.63, 3.8) is 0 Å². The Morgan fingerprint density at radius 3 is 1.52 bits per heavy atom. The molecule has 1 aliphatic heterocycles. The first-order chi connectivity index (χ1) is 10.4. The van der Waals surface area contributed by atoms with Crippen LogP contribution in [0.1, 0.15) is 51.4 Å². The average Bonchev–Trinajstić information content (AvgIpc) is 3.03. The van der Waals surface area contributed by atoms with Crippen molar-refractivity contribution in [3.8, 4) is 0 Å². The van der Waals surface area contributed by atoms with Gasteiger partial charge in [-0.3, -0.25) is 0 Å². The SMILES string of the molecule is C1=C[CH]([Ti]2([CH]3C=CC4=C3CCCC4)[CH2][CH2]2)C2=C1CCCC2.Cl.Cl. The zero-order valence-electron chi connectivity index (χ0n) is 13.9. The summed E-state index contributed by atoms with van der Waals surface area (Å²) in [6.07, 6.45) is 21.9. The predicted octanol–water partition coefficient (Wildman–Crippen LogP) is 7.29. The van der Waals surface area contributed by atoms with Crippen molar-refractivity contribution < 1.29 is 16.6 Å². The zero-order valence-corrected chi connectivity index (χ0v) is 17.0. The van der Waals surface area contributed by atoms with Gasteiger partial charge >= 0.3 is 132 Å². The van der Waals surface area contributed by atoms with Crippen LogP contribution in [0.4, 0.5) is 0 Å². The molecule has 0 spiro atoms. The molecule has 0 bridgehead atoms. The molecular formula is C20H28Cl2Ti. The predicted molar refractivity (Wildman–Crippen MR) is 101 cm³/mol. The average molecular weight is 387 g/mol. The van der Waals surface area contributed by atoms with Gasteiger partial charge in [-0.25, -0.2) is 0 Å². The first kappa shape index (κ1) is 18.1. The van der Waals surface area contributed by atoms with E-state index in [9.17, 15) is 0 Å². The number of allylic oxidation sites excluding steroid dienone is 8. The molecule has 126 valence electrons. The summed E-state index contributed by atoms with van der Waals surface area (Å²) in [4.78, 5) is 0. The summed E-state index contributed by atoms with van der Waals surface area (Å²) in [5.74, 6) is 0. The second-order valence-corrected chi connectivity index (χ2v) is 15.3. The second kappa shape index (κ2) is 6.87. The van der Waals surface area contributed by atoms with Crippen LogP contribution in [0, 0.1) is 0 Å². The molecule has 0 aromatic heterocycles. The van der Waals surface area contributed by atoms with Crippen LogP contribution in [-0.2, 0) is 16.6 Å². The molecule has 3 heteroatoms. The summed E-state index contributed by atoms with van der Waals surface area (Å²) in [7, 11) is 0. The number of rotatable bonds is 2. The van der Waals surface area contributed by atoms with Crippen LogP contribution in [0.3, 0.4) is 0 Å². The van der Waals surface area contributed by atoms with Gasteiger partial charge in [0, 0.05) is 0 Å². The molecule has 1 saturated heterocycles. The second-order valence-electron chi connectivity index (χ2n) is 7.92. The van der Waals surface area contributed by atoms with E-state index in [0.29, 0.717) is 0 Å². The monoisotopic (exact) mass is 386 g/mol. The molecule has 0 N–H and O–H groups in total. The molecule has 5 aliphatic rings. The van der Waals surface area contributed by atoms with Crippen LogP contribution >= 0.6 is 24.8 Å². The van der Waals surface area contributed by atoms with Crippen molar-refractivity contribution in [2.45, 2.75) is 69.3 Å². The summed E-state index contributed by atoms with van der Waals surface area (Å²) in [6, 6.07) is 0. The fourth-order valence-electron chi connectivity index (χ4n) is 5.69. The van der Waals surface area contributed by atoms with E-state index in [1.165, 1.54) is 51.4 Å². The molecule has 4 aliphatic carbocycles. The fourth-order valence-corrected chi connectivity index (χ4v) is 15.2. The minimum atomic E-state index is -1.68. The van der Waals surface area contributed by atoms with Gasteiger partial charge in [-0.2, -0.15) is 0 Å². The first-order valence-electron chi connectivity index (χ1n) is 9.19. The fraction of sp³-hybridized carbons (Fsp3) is 0.600. The van der Waals surface area contributed by atoms with Gasteiger partial charge in [-0.15, -0.1) is 24.8 Å². The van der Waals surface area contributed by atoms with Gasteiger partial charge in [0.2, 0.25) is 0 Å². The maximum absolute atomic E-state index is 2.68. The van der Waals surface area contributed by atoms with Crippen LogP contribution in [0.25, 0.3) is 0 Å². The molecular weight excluding hydrogens is 359 g/mol. The molecule has 0 radical (unpaired) electrons. The van der Waals surface area contributed by atoms with Crippen LogP contribution in [0.15, 0.2) is 46.6 Å². The van der Waals surface area contributed by atoms with Crippen molar-refractivity contribution in [1.29, 1.82) is 0 Å². The Morgan fingerprint density at radius 2 is 1.09 bits per heavy atom. The van der Waals surface area contributed by atoms with Crippen LogP contribution in [-0.4, -0.2) is 0 Å². The Labute approximate surface area is 156 Å². The smallest absolute Gasteiger partial charge is 0.147 e. The molecule has 2 atom stereocenters. The van der Waals surface area contributed by atoms with E-state index in [1.807, 2.05) is 11.1 Å². The van der Waals surface area contributed by atoms with Crippen LogP contribution < -0.4 is 0 Å². The molecule has 5 rings (SSSR count).